The van der Waals surface area contributed by atoms with Gasteiger partial charge in [0.25, 0.3) is 0 Å². The van der Waals surface area contributed by atoms with Crippen molar-refractivity contribution in [3.05, 3.63) is 0 Å². The van der Waals surface area contributed by atoms with Gasteiger partial charge >= 0.3 is 9.53 Å². The van der Waals surface area contributed by atoms with E-state index in [2.05, 4.69) is 26.1 Å². The van der Waals surface area contributed by atoms with E-state index >= 15 is 0 Å². The predicted octanol–water partition coefficient (Wildman–Crippen LogP) is 1.50. The predicted molar refractivity (Wildman–Crippen MR) is 78.6 cm³/mol. The second kappa shape index (κ2) is 19.4. The Morgan fingerprint density at radius 2 is 1.22 bits per heavy atom. The first kappa shape index (κ1) is 20.3. The molecule has 0 aromatic heterocycles. The van der Waals surface area contributed by atoms with E-state index in [0.29, 0.717) is 6.67 Å². The van der Waals surface area contributed by atoms with Gasteiger partial charge in [-0.3, -0.25) is 0 Å². The number of hydrogen-bond donors (Lipinski definition) is 2. The summed E-state index contributed by atoms with van der Waals surface area (Å²) < 4.78 is 16.5. The van der Waals surface area contributed by atoms with Crippen LogP contribution in [-0.2, 0) is 13.3 Å². The van der Waals surface area contributed by atoms with Crippen LogP contribution in [0.5, 0.6) is 0 Å². The third-order valence-corrected chi connectivity index (χ3v) is 3.29. The lowest BCUT2D eigenvalue weighted by atomic mass is 10.5. The molecule has 0 bridgehead atoms. The summed E-state index contributed by atoms with van der Waals surface area (Å²) in [5.74, 6) is 0. The third kappa shape index (κ3) is 18.4. The lowest BCUT2D eigenvalue weighted by Gasteiger charge is -2.15. The minimum atomic E-state index is -1.79. The summed E-state index contributed by atoms with van der Waals surface area (Å²) in [7, 11) is -1.79. The Labute approximate surface area is 114 Å². The van der Waals surface area contributed by atoms with Gasteiger partial charge in [0.05, 0.1) is 0 Å². The van der Waals surface area contributed by atoms with Gasteiger partial charge in [-0.1, -0.05) is 27.7 Å². The van der Waals surface area contributed by atoms with Gasteiger partial charge in [-0.15, -0.1) is 0 Å². The van der Waals surface area contributed by atoms with Crippen LogP contribution in [0.1, 0.15) is 47.0 Å². The smallest absolute Gasteiger partial charge is 0.376 e. The van der Waals surface area contributed by atoms with E-state index in [4.69, 9.17) is 19.0 Å². The van der Waals surface area contributed by atoms with Crippen LogP contribution < -0.4 is 11.1 Å². The summed E-state index contributed by atoms with van der Waals surface area (Å²) in [6.45, 7) is 12.1. The van der Waals surface area contributed by atoms with Gasteiger partial charge in [0.2, 0.25) is 0 Å². The zero-order valence-corrected chi connectivity index (χ0v) is 13.7. The molecule has 112 valence electrons. The molecule has 0 aromatic carbocycles. The highest BCUT2D eigenvalue weighted by molar-refractivity contribution is 6.36. The molecule has 0 radical (unpaired) electrons. The van der Waals surface area contributed by atoms with Crippen molar-refractivity contribution in [2.24, 2.45) is 5.73 Å². The van der Waals surface area contributed by atoms with Crippen LogP contribution in [0.2, 0.25) is 0 Å². The Balaban J connectivity index is 0. The fourth-order valence-electron chi connectivity index (χ4n) is 0.931. The van der Waals surface area contributed by atoms with Crippen molar-refractivity contribution in [2.45, 2.75) is 47.0 Å². The average molecular weight is 280 g/mol. The maximum Gasteiger partial charge on any atom is 0.484 e. The van der Waals surface area contributed by atoms with Crippen LogP contribution >= 0.6 is 0 Å². The zero-order valence-electron chi connectivity index (χ0n) is 12.5. The van der Waals surface area contributed by atoms with Crippen molar-refractivity contribution >= 4 is 9.53 Å². The molecule has 0 fully saturated rings. The van der Waals surface area contributed by atoms with Gasteiger partial charge in [0, 0.05) is 26.5 Å². The van der Waals surface area contributed by atoms with E-state index in [0.717, 1.165) is 45.6 Å². The highest BCUT2D eigenvalue weighted by Gasteiger charge is 2.13. The molecular weight excluding hydrogens is 248 g/mol. The number of hydrogen-bond acceptors (Lipinski definition) is 5. The standard InChI is InChI=1S/C9H22O3Si.C3H10N2/c1-4-7-10-13(11-8-5-2)12-9-6-3;1-2-5-3-4/h13H,4-9H2,1-3H3;5H,2-4H2,1H3. The van der Waals surface area contributed by atoms with Crippen LogP contribution in [0.4, 0.5) is 0 Å². The highest BCUT2D eigenvalue weighted by atomic mass is 28.3. The van der Waals surface area contributed by atoms with E-state index in [1.165, 1.54) is 0 Å². The molecule has 0 aliphatic carbocycles. The molecule has 0 amide bonds. The van der Waals surface area contributed by atoms with Crippen molar-refractivity contribution in [1.29, 1.82) is 0 Å². The van der Waals surface area contributed by atoms with E-state index in [1.807, 2.05) is 6.92 Å². The number of nitrogens with two attached hydrogens (primary N) is 1. The summed E-state index contributed by atoms with van der Waals surface area (Å²) in [5.41, 5.74) is 5.03. The number of rotatable bonds is 11. The minimum absolute atomic E-state index is 0.594. The van der Waals surface area contributed by atoms with Crippen molar-refractivity contribution in [3.63, 3.8) is 0 Å². The van der Waals surface area contributed by atoms with Crippen LogP contribution in [0.25, 0.3) is 0 Å². The van der Waals surface area contributed by atoms with Gasteiger partial charge < -0.3 is 24.3 Å². The molecule has 0 saturated carbocycles. The molecule has 0 heterocycles. The van der Waals surface area contributed by atoms with Crippen LogP contribution in [0.15, 0.2) is 0 Å². The van der Waals surface area contributed by atoms with Gasteiger partial charge in [-0.05, 0) is 25.8 Å². The summed E-state index contributed by atoms with van der Waals surface area (Å²) in [6.07, 6.45) is 3.07. The topological polar surface area (TPSA) is 65.7 Å². The molecule has 0 aliphatic heterocycles. The van der Waals surface area contributed by atoms with Gasteiger partial charge in [-0.2, -0.15) is 0 Å². The van der Waals surface area contributed by atoms with E-state index in [1.54, 1.807) is 0 Å². The van der Waals surface area contributed by atoms with Crippen molar-refractivity contribution in [1.82, 2.24) is 5.32 Å². The maximum absolute atomic E-state index is 5.49. The van der Waals surface area contributed by atoms with E-state index in [9.17, 15) is 0 Å². The molecule has 0 aromatic rings. The largest absolute Gasteiger partial charge is 0.484 e. The number of nitrogens with one attached hydrogen (secondary N) is 1. The molecule has 0 saturated heterocycles. The van der Waals surface area contributed by atoms with Gasteiger partial charge in [-0.25, -0.2) is 0 Å². The van der Waals surface area contributed by atoms with Crippen LogP contribution in [0, 0.1) is 0 Å². The van der Waals surface area contributed by atoms with Crippen molar-refractivity contribution in [3.8, 4) is 0 Å². The Kier molecular flexibility index (Phi) is 21.9. The molecule has 18 heavy (non-hydrogen) atoms. The van der Waals surface area contributed by atoms with E-state index < -0.39 is 9.53 Å². The normalized spacial score (nSPS) is 10.3. The first-order chi connectivity index (χ1) is 8.76. The Bertz CT molecular complexity index is 121. The van der Waals surface area contributed by atoms with E-state index in [-0.39, 0.29) is 0 Å². The SMILES string of the molecule is CCCO[SiH](OCCC)OCCC.CCNCN. The van der Waals surface area contributed by atoms with Crippen LogP contribution in [-0.4, -0.2) is 42.6 Å². The van der Waals surface area contributed by atoms with Gasteiger partial charge in [0.15, 0.2) is 0 Å². The quantitative estimate of drug-likeness (QED) is 0.443. The molecule has 3 N–H and O–H groups in total. The molecule has 0 atom stereocenters. The zero-order chi connectivity index (χ0) is 14.1. The highest BCUT2D eigenvalue weighted by Crippen LogP contribution is 1.96. The fourth-order valence-corrected chi connectivity index (χ4v) is 2.50. The summed E-state index contributed by atoms with van der Waals surface area (Å²) >= 11 is 0. The minimum Gasteiger partial charge on any atom is -0.376 e. The molecule has 6 heteroatoms. The maximum atomic E-state index is 5.49. The van der Waals surface area contributed by atoms with Gasteiger partial charge in [0.1, 0.15) is 0 Å². The Morgan fingerprint density at radius 3 is 1.39 bits per heavy atom. The van der Waals surface area contributed by atoms with Crippen molar-refractivity contribution in [2.75, 3.05) is 33.0 Å². The van der Waals surface area contributed by atoms with Crippen molar-refractivity contribution < 1.29 is 13.3 Å². The summed E-state index contributed by atoms with van der Waals surface area (Å²) in [6, 6.07) is 0. The fraction of sp³-hybridized carbons (Fsp3) is 1.00. The summed E-state index contributed by atoms with van der Waals surface area (Å²) in [5, 5.41) is 2.89. The molecule has 0 aliphatic rings. The first-order valence-electron chi connectivity index (χ1n) is 7.02. The second-order valence-electron chi connectivity index (χ2n) is 3.71. The molecule has 0 spiro atoms. The second-order valence-corrected chi connectivity index (χ2v) is 5.29. The van der Waals surface area contributed by atoms with Crippen LogP contribution in [0.3, 0.4) is 0 Å². The lowest BCUT2D eigenvalue weighted by molar-refractivity contribution is 0.0933. The first-order valence-corrected chi connectivity index (χ1v) is 8.43. The molecular formula is C12H32N2O3Si. The summed E-state index contributed by atoms with van der Waals surface area (Å²) in [4.78, 5) is 0. The lowest BCUT2D eigenvalue weighted by Crippen LogP contribution is -2.28. The monoisotopic (exact) mass is 280 g/mol. The molecule has 0 rings (SSSR count). The Morgan fingerprint density at radius 1 is 0.833 bits per heavy atom. The Hall–Kier alpha value is 0.0169. The molecule has 0 unspecified atom stereocenters. The molecule has 5 nitrogen and oxygen atoms in total. The average Bonchev–Trinajstić information content (AvgIpc) is 2.39. The third-order valence-electron chi connectivity index (χ3n) is 1.77.